The fourth-order valence-corrected chi connectivity index (χ4v) is 3.60. The van der Waals surface area contributed by atoms with Gasteiger partial charge in [-0.1, -0.05) is 67.9 Å². The molecule has 1 fully saturated rings. The molecule has 152 valence electrons. The third-order valence-electron chi connectivity index (χ3n) is 5.14. The average Bonchev–Trinajstić information content (AvgIpc) is 2.91. The number of nitrogens with zero attached hydrogens (tertiary/aromatic N) is 1. The molecule has 0 spiro atoms. The number of carbonyl (C=O) groups is 3. The molecular weight excluding hydrogens is 390 g/mol. The highest BCUT2D eigenvalue weighted by molar-refractivity contribution is 6.30. The lowest BCUT2D eigenvalue weighted by Crippen LogP contribution is -2.44. The minimum absolute atomic E-state index is 0.142. The highest BCUT2D eigenvalue weighted by atomic mass is 35.5. The standard InChI is InChI=1S/C22H24ClN3O3/c1-14(2)19(15-7-5-4-6-8-15)24-18(27)13-26-20(28)22(3,25-21(26)29)16-9-11-17(23)12-10-16/h4-12,14,19H,13H2,1-3H3,(H,24,27)(H,25,29). The van der Waals surface area contributed by atoms with Crippen LogP contribution in [0.1, 0.15) is 37.9 Å². The highest BCUT2D eigenvalue weighted by Gasteiger charge is 2.49. The van der Waals surface area contributed by atoms with Gasteiger partial charge in [0.2, 0.25) is 5.91 Å². The topological polar surface area (TPSA) is 78.5 Å². The molecule has 1 saturated heterocycles. The molecule has 1 heterocycles. The summed E-state index contributed by atoms with van der Waals surface area (Å²) in [5.41, 5.74) is 0.338. The van der Waals surface area contributed by atoms with Crippen LogP contribution in [-0.2, 0) is 15.1 Å². The molecule has 1 aliphatic heterocycles. The summed E-state index contributed by atoms with van der Waals surface area (Å²) < 4.78 is 0. The lowest BCUT2D eigenvalue weighted by Gasteiger charge is -2.25. The number of imide groups is 1. The van der Waals surface area contributed by atoms with Crippen LogP contribution in [0.25, 0.3) is 0 Å². The van der Waals surface area contributed by atoms with Crippen LogP contribution in [0.2, 0.25) is 5.02 Å². The zero-order chi connectivity index (χ0) is 21.2. The molecule has 29 heavy (non-hydrogen) atoms. The first-order chi connectivity index (χ1) is 13.7. The molecule has 2 N–H and O–H groups in total. The summed E-state index contributed by atoms with van der Waals surface area (Å²) >= 11 is 5.92. The molecule has 0 bridgehead atoms. The van der Waals surface area contributed by atoms with Crippen molar-refractivity contribution < 1.29 is 14.4 Å². The molecule has 3 rings (SSSR count). The van der Waals surface area contributed by atoms with E-state index in [0.717, 1.165) is 10.5 Å². The maximum atomic E-state index is 13.0. The number of amides is 4. The van der Waals surface area contributed by atoms with E-state index in [4.69, 9.17) is 11.6 Å². The number of hydrogen-bond donors (Lipinski definition) is 2. The van der Waals surface area contributed by atoms with Gasteiger partial charge in [0.05, 0.1) is 6.04 Å². The van der Waals surface area contributed by atoms with Crippen molar-refractivity contribution in [2.24, 2.45) is 5.92 Å². The molecule has 1 aliphatic rings. The first-order valence-corrected chi connectivity index (χ1v) is 9.84. The smallest absolute Gasteiger partial charge is 0.325 e. The van der Waals surface area contributed by atoms with E-state index < -0.39 is 23.4 Å². The van der Waals surface area contributed by atoms with Crippen LogP contribution in [0, 0.1) is 5.92 Å². The second kappa shape index (κ2) is 8.25. The molecule has 7 heteroatoms. The lowest BCUT2D eigenvalue weighted by atomic mass is 9.92. The van der Waals surface area contributed by atoms with E-state index in [1.807, 2.05) is 44.2 Å². The number of benzene rings is 2. The maximum Gasteiger partial charge on any atom is 0.325 e. The van der Waals surface area contributed by atoms with Crippen molar-refractivity contribution in [2.75, 3.05) is 6.54 Å². The Labute approximate surface area is 175 Å². The molecule has 2 aromatic carbocycles. The zero-order valence-corrected chi connectivity index (χ0v) is 17.4. The Balaban J connectivity index is 1.74. The van der Waals surface area contributed by atoms with Gasteiger partial charge in [-0.15, -0.1) is 0 Å². The van der Waals surface area contributed by atoms with Crippen LogP contribution in [0.3, 0.4) is 0 Å². The minimum Gasteiger partial charge on any atom is -0.347 e. The van der Waals surface area contributed by atoms with Gasteiger partial charge < -0.3 is 10.6 Å². The van der Waals surface area contributed by atoms with Crippen LogP contribution >= 0.6 is 11.6 Å². The highest BCUT2D eigenvalue weighted by Crippen LogP contribution is 2.29. The molecular formula is C22H24ClN3O3. The lowest BCUT2D eigenvalue weighted by molar-refractivity contribution is -0.135. The van der Waals surface area contributed by atoms with Gasteiger partial charge in [-0.2, -0.15) is 0 Å². The molecule has 0 saturated carbocycles. The van der Waals surface area contributed by atoms with Crippen molar-refractivity contribution >= 4 is 29.4 Å². The van der Waals surface area contributed by atoms with Gasteiger partial charge in [0.25, 0.3) is 5.91 Å². The number of halogens is 1. The Hall–Kier alpha value is -2.86. The van der Waals surface area contributed by atoms with Gasteiger partial charge >= 0.3 is 6.03 Å². The van der Waals surface area contributed by atoms with E-state index in [2.05, 4.69) is 10.6 Å². The summed E-state index contributed by atoms with van der Waals surface area (Å²) in [6.07, 6.45) is 0. The third kappa shape index (κ3) is 4.27. The molecule has 2 atom stereocenters. The molecule has 0 radical (unpaired) electrons. The number of carbonyl (C=O) groups excluding carboxylic acids is 3. The third-order valence-corrected chi connectivity index (χ3v) is 5.39. The fraction of sp³-hybridized carbons (Fsp3) is 0.318. The molecule has 0 aromatic heterocycles. The Kier molecular flexibility index (Phi) is 5.94. The van der Waals surface area contributed by atoms with Crippen molar-refractivity contribution in [3.05, 3.63) is 70.7 Å². The van der Waals surface area contributed by atoms with Gasteiger partial charge in [-0.3, -0.25) is 14.5 Å². The summed E-state index contributed by atoms with van der Waals surface area (Å²) in [7, 11) is 0. The quantitative estimate of drug-likeness (QED) is 0.710. The number of nitrogens with one attached hydrogen (secondary N) is 2. The van der Waals surface area contributed by atoms with E-state index in [0.29, 0.717) is 10.6 Å². The molecule has 4 amide bonds. The monoisotopic (exact) mass is 413 g/mol. The van der Waals surface area contributed by atoms with E-state index >= 15 is 0 Å². The summed E-state index contributed by atoms with van der Waals surface area (Å²) in [6.45, 7) is 5.28. The van der Waals surface area contributed by atoms with E-state index in [-0.39, 0.29) is 18.5 Å². The van der Waals surface area contributed by atoms with E-state index in [1.165, 1.54) is 0 Å². The van der Waals surface area contributed by atoms with Crippen molar-refractivity contribution in [2.45, 2.75) is 32.4 Å². The molecule has 0 aliphatic carbocycles. The largest absolute Gasteiger partial charge is 0.347 e. The second-order valence-electron chi connectivity index (χ2n) is 7.65. The van der Waals surface area contributed by atoms with Crippen molar-refractivity contribution in [3.63, 3.8) is 0 Å². The average molecular weight is 414 g/mol. The number of hydrogen-bond acceptors (Lipinski definition) is 3. The van der Waals surface area contributed by atoms with Gasteiger partial charge in [-0.25, -0.2) is 4.79 Å². The van der Waals surface area contributed by atoms with Crippen molar-refractivity contribution in [1.29, 1.82) is 0 Å². The van der Waals surface area contributed by atoms with Crippen molar-refractivity contribution in [1.82, 2.24) is 15.5 Å². The van der Waals surface area contributed by atoms with Gasteiger partial charge in [0.15, 0.2) is 0 Å². The SMILES string of the molecule is CC(C)C(NC(=O)CN1C(=O)NC(C)(c2ccc(Cl)cc2)C1=O)c1ccccc1. The minimum atomic E-state index is -1.24. The first kappa shape index (κ1) is 20.9. The van der Waals surface area contributed by atoms with Crippen LogP contribution in [0.5, 0.6) is 0 Å². The Morgan fingerprint density at radius 2 is 1.72 bits per heavy atom. The predicted molar refractivity (Wildman–Crippen MR) is 111 cm³/mol. The fourth-order valence-electron chi connectivity index (χ4n) is 3.48. The Morgan fingerprint density at radius 1 is 1.10 bits per heavy atom. The second-order valence-corrected chi connectivity index (χ2v) is 8.09. The van der Waals surface area contributed by atoms with Crippen LogP contribution < -0.4 is 10.6 Å². The van der Waals surface area contributed by atoms with Gasteiger partial charge in [-0.05, 0) is 36.1 Å². The predicted octanol–water partition coefficient (Wildman–Crippen LogP) is 3.62. The van der Waals surface area contributed by atoms with E-state index in [1.54, 1.807) is 31.2 Å². The zero-order valence-electron chi connectivity index (χ0n) is 16.6. The van der Waals surface area contributed by atoms with Gasteiger partial charge in [0, 0.05) is 5.02 Å². The molecule has 2 unspecified atom stereocenters. The molecule has 2 aromatic rings. The number of rotatable bonds is 6. The summed E-state index contributed by atoms with van der Waals surface area (Å²) in [5, 5.41) is 6.17. The Bertz CT molecular complexity index is 915. The van der Waals surface area contributed by atoms with E-state index in [9.17, 15) is 14.4 Å². The first-order valence-electron chi connectivity index (χ1n) is 9.47. The van der Waals surface area contributed by atoms with Crippen LogP contribution in [-0.4, -0.2) is 29.3 Å². The van der Waals surface area contributed by atoms with Crippen LogP contribution in [0.15, 0.2) is 54.6 Å². The Morgan fingerprint density at radius 3 is 2.31 bits per heavy atom. The summed E-state index contributed by atoms with van der Waals surface area (Å²) in [5.74, 6) is -0.721. The van der Waals surface area contributed by atoms with Gasteiger partial charge in [0.1, 0.15) is 12.1 Å². The maximum absolute atomic E-state index is 13.0. The normalized spacial score (nSPS) is 20.0. The molecule has 6 nitrogen and oxygen atoms in total. The van der Waals surface area contributed by atoms with Crippen molar-refractivity contribution in [3.8, 4) is 0 Å². The number of urea groups is 1. The summed E-state index contributed by atoms with van der Waals surface area (Å²) in [4.78, 5) is 39.1. The summed E-state index contributed by atoms with van der Waals surface area (Å²) in [6, 6.07) is 15.5. The van der Waals surface area contributed by atoms with Crippen LogP contribution in [0.4, 0.5) is 4.79 Å².